The van der Waals surface area contributed by atoms with E-state index in [1.165, 1.54) is 37.6 Å². The number of hydrazone groups is 1. The van der Waals surface area contributed by atoms with Gasteiger partial charge >= 0.3 is 0 Å². The first kappa shape index (κ1) is 23.2. The molecular weight excluding hydrogens is 452 g/mol. The Kier molecular flexibility index (Phi) is 7.45. The minimum absolute atomic E-state index is 0.0261. The second-order valence-corrected chi connectivity index (χ2v) is 9.01. The van der Waals surface area contributed by atoms with E-state index in [2.05, 4.69) is 15.5 Å². The van der Waals surface area contributed by atoms with Crippen LogP contribution in [0.3, 0.4) is 0 Å². The van der Waals surface area contributed by atoms with Gasteiger partial charge < -0.3 is 4.74 Å². The highest BCUT2D eigenvalue weighted by Gasteiger charge is 2.29. The van der Waals surface area contributed by atoms with Crippen molar-refractivity contribution in [1.29, 1.82) is 0 Å². The molecule has 0 unspecified atom stereocenters. The number of carbonyl (C=O) groups excluding carboxylic acids is 1. The van der Waals surface area contributed by atoms with Crippen LogP contribution in [0.15, 0.2) is 77.0 Å². The summed E-state index contributed by atoms with van der Waals surface area (Å²) in [6.07, 6.45) is 4.60. The van der Waals surface area contributed by atoms with Crippen LogP contribution in [0, 0.1) is 6.92 Å². The fraction of sp³-hybridized carbons (Fsp3) is 0.136. The molecule has 0 spiro atoms. The standard InChI is InChI=1S/C22H21ClN4O4S/c1-16-3-6-19(7-4-16)32(29,30)27(20-13-18(23)5-8-21(20)31-2)15-22(28)26-25-14-17-9-11-24-12-10-17/h3-14H,15H2,1-2H3,(H,26,28)/b25-14-. The van der Waals surface area contributed by atoms with E-state index in [0.29, 0.717) is 5.02 Å². The molecule has 0 aliphatic heterocycles. The Morgan fingerprint density at radius 1 is 1.16 bits per heavy atom. The summed E-state index contributed by atoms with van der Waals surface area (Å²) < 4.78 is 33.2. The molecule has 1 heterocycles. The van der Waals surface area contributed by atoms with E-state index >= 15 is 0 Å². The number of nitrogens with zero attached hydrogens (tertiary/aromatic N) is 3. The number of aromatic nitrogens is 1. The number of halogens is 1. The van der Waals surface area contributed by atoms with Crippen molar-refractivity contribution in [2.45, 2.75) is 11.8 Å². The number of aryl methyl sites for hydroxylation is 1. The van der Waals surface area contributed by atoms with E-state index in [1.807, 2.05) is 6.92 Å². The van der Waals surface area contributed by atoms with Crippen molar-refractivity contribution in [3.05, 3.63) is 83.1 Å². The van der Waals surface area contributed by atoms with Crippen LogP contribution >= 0.6 is 11.6 Å². The lowest BCUT2D eigenvalue weighted by Crippen LogP contribution is -2.39. The van der Waals surface area contributed by atoms with Gasteiger partial charge in [-0.05, 0) is 55.0 Å². The third-order valence-electron chi connectivity index (χ3n) is 4.41. The molecule has 0 fully saturated rings. The Bertz CT molecular complexity index is 1220. The lowest BCUT2D eigenvalue weighted by Gasteiger charge is -2.25. The molecule has 166 valence electrons. The smallest absolute Gasteiger partial charge is 0.264 e. The quantitative estimate of drug-likeness (QED) is 0.400. The molecule has 10 heteroatoms. The maximum atomic E-state index is 13.5. The van der Waals surface area contributed by atoms with Crippen LogP contribution in [0.2, 0.25) is 5.02 Å². The van der Waals surface area contributed by atoms with Crippen molar-refractivity contribution in [2.75, 3.05) is 18.0 Å². The topological polar surface area (TPSA) is 101 Å². The van der Waals surface area contributed by atoms with E-state index in [0.717, 1.165) is 15.4 Å². The Labute approximate surface area is 191 Å². The summed E-state index contributed by atoms with van der Waals surface area (Å²) in [6, 6.07) is 14.3. The van der Waals surface area contributed by atoms with Gasteiger partial charge in [0.2, 0.25) is 0 Å². The Morgan fingerprint density at radius 2 is 1.84 bits per heavy atom. The number of benzene rings is 2. The molecule has 0 bridgehead atoms. The number of hydrogen-bond acceptors (Lipinski definition) is 6. The number of carbonyl (C=O) groups is 1. The SMILES string of the molecule is COc1ccc(Cl)cc1N(CC(=O)N/N=C\c1ccncc1)S(=O)(=O)c1ccc(C)cc1. The molecule has 0 aliphatic rings. The fourth-order valence-electron chi connectivity index (χ4n) is 2.79. The first-order chi connectivity index (χ1) is 15.3. The maximum absolute atomic E-state index is 13.5. The average molecular weight is 473 g/mol. The van der Waals surface area contributed by atoms with Crippen molar-refractivity contribution in [2.24, 2.45) is 5.10 Å². The number of rotatable bonds is 8. The molecule has 0 atom stereocenters. The van der Waals surface area contributed by atoms with E-state index < -0.39 is 22.5 Å². The zero-order valence-corrected chi connectivity index (χ0v) is 19.0. The van der Waals surface area contributed by atoms with Crippen LogP contribution in [-0.4, -0.2) is 39.2 Å². The Balaban J connectivity index is 1.94. The first-order valence-corrected chi connectivity index (χ1v) is 11.3. The van der Waals surface area contributed by atoms with Crippen molar-refractivity contribution < 1.29 is 17.9 Å². The molecule has 0 saturated carbocycles. The van der Waals surface area contributed by atoms with Crippen LogP contribution in [0.5, 0.6) is 5.75 Å². The Morgan fingerprint density at radius 3 is 2.50 bits per heavy atom. The zero-order chi connectivity index (χ0) is 23.1. The van der Waals surface area contributed by atoms with Gasteiger partial charge in [0.15, 0.2) is 0 Å². The molecular formula is C22H21ClN4O4S. The number of methoxy groups -OCH3 is 1. The van der Waals surface area contributed by atoms with Gasteiger partial charge in [0, 0.05) is 17.4 Å². The van der Waals surface area contributed by atoms with Crippen molar-refractivity contribution in [3.63, 3.8) is 0 Å². The number of sulfonamides is 1. The van der Waals surface area contributed by atoms with Gasteiger partial charge in [-0.2, -0.15) is 5.10 Å². The summed E-state index contributed by atoms with van der Waals surface area (Å²) in [5, 5.41) is 4.18. The van der Waals surface area contributed by atoms with Gasteiger partial charge in [0.1, 0.15) is 12.3 Å². The van der Waals surface area contributed by atoms with Gasteiger partial charge in [0.05, 0.1) is 23.9 Å². The molecule has 1 amide bonds. The molecule has 32 heavy (non-hydrogen) atoms. The van der Waals surface area contributed by atoms with Crippen molar-refractivity contribution in [1.82, 2.24) is 10.4 Å². The average Bonchev–Trinajstić information content (AvgIpc) is 2.78. The number of hydrogen-bond donors (Lipinski definition) is 1. The maximum Gasteiger partial charge on any atom is 0.264 e. The number of pyridine rings is 1. The highest BCUT2D eigenvalue weighted by atomic mass is 35.5. The van der Waals surface area contributed by atoms with Gasteiger partial charge in [0.25, 0.3) is 15.9 Å². The van der Waals surface area contributed by atoms with E-state index in [4.69, 9.17) is 16.3 Å². The van der Waals surface area contributed by atoms with Gasteiger partial charge in [-0.1, -0.05) is 29.3 Å². The minimum Gasteiger partial charge on any atom is -0.495 e. The molecule has 3 aromatic rings. The summed E-state index contributed by atoms with van der Waals surface area (Å²) in [6.45, 7) is 1.31. The van der Waals surface area contributed by atoms with Crippen LogP contribution in [0.25, 0.3) is 0 Å². The molecule has 0 radical (unpaired) electrons. The molecule has 8 nitrogen and oxygen atoms in total. The van der Waals surface area contributed by atoms with Crippen LogP contribution in [-0.2, 0) is 14.8 Å². The third-order valence-corrected chi connectivity index (χ3v) is 6.42. The summed E-state index contributed by atoms with van der Waals surface area (Å²) in [5.41, 5.74) is 4.10. The summed E-state index contributed by atoms with van der Waals surface area (Å²) in [7, 11) is -2.71. The molecule has 0 aliphatic carbocycles. The normalized spacial score (nSPS) is 11.3. The summed E-state index contributed by atoms with van der Waals surface area (Å²) in [5.74, 6) is -0.397. The molecule has 2 aromatic carbocycles. The number of anilines is 1. The zero-order valence-electron chi connectivity index (χ0n) is 17.4. The van der Waals surface area contributed by atoms with E-state index in [1.54, 1.807) is 42.7 Å². The monoisotopic (exact) mass is 472 g/mol. The Hall–Kier alpha value is -3.43. The van der Waals surface area contributed by atoms with Crippen LogP contribution in [0.1, 0.15) is 11.1 Å². The second kappa shape index (κ2) is 10.3. The van der Waals surface area contributed by atoms with Crippen LogP contribution in [0.4, 0.5) is 5.69 Å². The predicted molar refractivity (Wildman–Crippen MR) is 124 cm³/mol. The minimum atomic E-state index is -4.12. The lowest BCUT2D eigenvalue weighted by molar-refractivity contribution is -0.119. The highest BCUT2D eigenvalue weighted by molar-refractivity contribution is 7.92. The van der Waals surface area contributed by atoms with Crippen LogP contribution < -0.4 is 14.5 Å². The number of amides is 1. The lowest BCUT2D eigenvalue weighted by atomic mass is 10.2. The van der Waals surface area contributed by atoms with Crippen molar-refractivity contribution in [3.8, 4) is 5.75 Å². The van der Waals surface area contributed by atoms with Crippen molar-refractivity contribution >= 4 is 39.4 Å². The second-order valence-electron chi connectivity index (χ2n) is 6.71. The third kappa shape index (κ3) is 5.63. The summed E-state index contributed by atoms with van der Waals surface area (Å²) >= 11 is 6.12. The van der Waals surface area contributed by atoms with Gasteiger partial charge in [-0.15, -0.1) is 0 Å². The van der Waals surface area contributed by atoms with E-state index in [9.17, 15) is 13.2 Å². The molecule has 3 rings (SSSR count). The summed E-state index contributed by atoms with van der Waals surface area (Å²) in [4.78, 5) is 16.5. The molecule has 0 saturated heterocycles. The molecule has 1 aromatic heterocycles. The van der Waals surface area contributed by atoms with Gasteiger partial charge in [-0.25, -0.2) is 13.8 Å². The van der Waals surface area contributed by atoms with E-state index in [-0.39, 0.29) is 16.3 Å². The first-order valence-electron chi connectivity index (χ1n) is 9.46. The number of nitrogens with one attached hydrogen (secondary N) is 1. The largest absolute Gasteiger partial charge is 0.495 e. The molecule has 1 N–H and O–H groups in total. The fourth-order valence-corrected chi connectivity index (χ4v) is 4.38. The highest BCUT2D eigenvalue weighted by Crippen LogP contribution is 2.34. The number of ether oxygens (including phenoxy) is 1. The van der Waals surface area contributed by atoms with Gasteiger partial charge in [-0.3, -0.25) is 14.1 Å². The predicted octanol–water partition coefficient (Wildman–Crippen LogP) is 3.40.